The van der Waals surface area contributed by atoms with Gasteiger partial charge in [-0.1, -0.05) is 56.3 Å². The molecule has 0 heterocycles. The van der Waals surface area contributed by atoms with Crippen molar-refractivity contribution in [2.75, 3.05) is 5.32 Å². The molecule has 3 rings (SSSR count). The number of rotatable bonds is 13. The van der Waals surface area contributed by atoms with Crippen molar-refractivity contribution in [3.63, 3.8) is 0 Å². The van der Waals surface area contributed by atoms with Gasteiger partial charge in [-0.25, -0.2) is 9.18 Å². The first-order chi connectivity index (χ1) is 19.3. The predicted octanol–water partition coefficient (Wildman–Crippen LogP) is 5.88. The predicted molar refractivity (Wildman–Crippen MR) is 159 cm³/mol. The third kappa shape index (κ3) is 9.51. The molecule has 0 saturated carbocycles. The molecule has 3 aromatic carbocycles. The van der Waals surface area contributed by atoms with Gasteiger partial charge in [0, 0.05) is 14.8 Å². The van der Waals surface area contributed by atoms with E-state index in [4.69, 9.17) is 9.47 Å². The van der Waals surface area contributed by atoms with Crippen LogP contribution in [0, 0.1) is 3.57 Å². The highest BCUT2D eigenvalue weighted by molar-refractivity contribution is 14.1. The number of hydrogen-bond donors (Lipinski definition) is 3. The van der Waals surface area contributed by atoms with E-state index in [9.17, 15) is 18.8 Å². The van der Waals surface area contributed by atoms with E-state index in [-0.39, 0.29) is 19.1 Å². The van der Waals surface area contributed by atoms with E-state index in [2.05, 4.69) is 38.5 Å². The zero-order valence-corrected chi connectivity index (χ0v) is 24.6. The van der Waals surface area contributed by atoms with Crippen LogP contribution in [0.15, 0.2) is 72.8 Å². The summed E-state index contributed by atoms with van der Waals surface area (Å²) in [4.78, 5) is 37.9. The summed E-state index contributed by atoms with van der Waals surface area (Å²) in [7, 11) is 0. The standard InChI is InChI=1S/C30H33FIN3O5/c1-3-25(34-29(37)26(4-2)35-30(38)40-19-20-8-6-5-7-9-20)28(36)33-24-13-10-21(11-14-24)18-39-27-15-12-23(32)16-22(27)17-31/h5-16,25-26H,3-4,17-19H2,1-2H3,(H,33,36)(H,34,37)(H,35,38)/t25-,26?/m0/s1. The lowest BCUT2D eigenvalue weighted by Gasteiger charge is -2.21. The molecule has 8 nitrogen and oxygen atoms in total. The number of halogens is 2. The number of hydrogen-bond acceptors (Lipinski definition) is 5. The Hall–Kier alpha value is -3.67. The number of alkyl carbamates (subject to hydrolysis) is 1. The summed E-state index contributed by atoms with van der Waals surface area (Å²) in [6.07, 6.45) is -0.0378. The first kappa shape index (κ1) is 30.9. The third-order valence-corrected chi connectivity index (χ3v) is 6.72. The number of alkyl halides is 1. The summed E-state index contributed by atoms with van der Waals surface area (Å²) in [5.41, 5.74) is 2.72. The molecule has 0 spiro atoms. The Kier molecular flexibility index (Phi) is 12.2. The minimum Gasteiger partial charge on any atom is -0.489 e. The van der Waals surface area contributed by atoms with Crippen LogP contribution in [-0.2, 0) is 34.2 Å². The van der Waals surface area contributed by atoms with E-state index >= 15 is 0 Å². The third-order valence-electron chi connectivity index (χ3n) is 6.05. The Bertz CT molecular complexity index is 1270. The van der Waals surface area contributed by atoms with Crippen molar-refractivity contribution < 1.29 is 28.2 Å². The molecule has 10 heteroatoms. The van der Waals surface area contributed by atoms with Crippen LogP contribution >= 0.6 is 22.6 Å². The van der Waals surface area contributed by atoms with Gasteiger partial charge < -0.3 is 25.4 Å². The molecular formula is C30H33FIN3O5. The van der Waals surface area contributed by atoms with Crippen LogP contribution < -0.4 is 20.7 Å². The van der Waals surface area contributed by atoms with Crippen LogP contribution in [0.25, 0.3) is 0 Å². The van der Waals surface area contributed by atoms with Crippen molar-refractivity contribution in [2.24, 2.45) is 0 Å². The molecule has 0 aliphatic carbocycles. The van der Waals surface area contributed by atoms with Crippen molar-refractivity contribution in [2.45, 2.75) is 58.7 Å². The number of ether oxygens (including phenoxy) is 2. The van der Waals surface area contributed by atoms with Crippen LogP contribution in [0.5, 0.6) is 5.75 Å². The Balaban J connectivity index is 1.49. The lowest BCUT2D eigenvalue weighted by Crippen LogP contribution is -2.52. The van der Waals surface area contributed by atoms with Gasteiger partial charge in [-0.3, -0.25) is 9.59 Å². The topological polar surface area (TPSA) is 106 Å². The number of amides is 3. The van der Waals surface area contributed by atoms with Crippen LogP contribution in [0.3, 0.4) is 0 Å². The van der Waals surface area contributed by atoms with E-state index < -0.39 is 30.8 Å². The normalized spacial score (nSPS) is 12.1. The van der Waals surface area contributed by atoms with Crippen LogP contribution in [0.4, 0.5) is 14.9 Å². The summed E-state index contributed by atoms with van der Waals surface area (Å²) in [6, 6.07) is 20.0. The average molecular weight is 662 g/mol. The van der Waals surface area contributed by atoms with Gasteiger partial charge in [-0.05, 0) is 76.9 Å². The van der Waals surface area contributed by atoms with Gasteiger partial charge in [0.25, 0.3) is 0 Å². The second-order valence-electron chi connectivity index (χ2n) is 9.00. The zero-order valence-electron chi connectivity index (χ0n) is 22.4. The number of anilines is 1. The first-order valence-corrected chi connectivity index (χ1v) is 14.0. The molecule has 1 unspecified atom stereocenters. The molecule has 0 radical (unpaired) electrons. The van der Waals surface area contributed by atoms with Gasteiger partial charge in [0.05, 0.1) is 0 Å². The molecule has 0 aliphatic heterocycles. The SMILES string of the molecule is CCC(NC(=O)OCc1ccccc1)C(=O)N[C@@H](CC)C(=O)Nc1ccc(COc2ccc(I)cc2CF)cc1. The number of carbonyl (C=O) groups excluding carboxylic acids is 3. The highest BCUT2D eigenvalue weighted by Crippen LogP contribution is 2.23. The Morgan fingerprint density at radius 3 is 2.12 bits per heavy atom. The molecule has 0 bridgehead atoms. The van der Waals surface area contributed by atoms with E-state index in [1.807, 2.05) is 36.4 Å². The van der Waals surface area contributed by atoms with Crippen LogP contribution in [0.2, 0.25) is 0 Å². The second-order valence-corrected chi connectivity index (χ2v) is 10.2. The average Bonchev–Trinajstić information content (AvgIpc) is 2.97. The summed E-state index contributed by atoms with van der Waals surface area (Å²) in [6.45, 7) is 3.25. The van der Waals surface area contributed by atoms with E-state index in [0.717, 1.165) is 14.7 Å². The van der Waals surface area contributed by atoms with Gasteiger partial charge >= 0.3 is 6.09 Å². The summed E-state index contributed by atoms with van der Waals surface area (Å²) in [5.74, 6) is -0.365. The molecular weight excluding hydrogens is 628 g/mol. The summed E-state index contributed by atoms with van der Waals surface area (Å²) < 4.78 is 25.2. The van der Waals surface area contributed by atoms with Gasteiger partial charge in [0.2, 0.25) is 11.8 Å². The molecule has 0 aliphatic rings. The maximum atomic E-state index is 13.3. The first-order valence-electron chi connectivity index (χ1n) is 13.0. The Morgan fingerprint density at radius 2 is 1.48 bits per heavy atom. The highest BCUT2D eigenvalue weighted by atomic mass is 127. The molecule has 3 amide bonds. The number of carbonyl (C=O) groups is 3. The molecule has 2 atom stereocenters. The van der Waals surface area contributed by atoms with Gasteiger partial charge in [0.1, 0.15) is 37.7 Å². The summed E-state index contributed by atoms with van der Waals surface area (Å²) >= 11 is 2.12. The van der Waals surface area contributed by atoms with Crippen molar-refractivity contribution in [1.82, 2.24) is 10.6 Å². The van der Waals surface area contributed by atoms with Crippen molar-refractivity contribution in [3.05, 3.63) is 93.1 Å². The fourth-order valence-electron chi connectivity index (χ4n) is 3.75. The minimum atomic E-state index is -0.851. The highest BCUT2D eigenvalue weighted by Gasteiger charge is 2.25. The Morgan fingerprint density at radius 1 is 0.825 bits per heavy atom. The van der Waals surface area contributed by atoms with E-state index in [1.165, 1.54) is 0 Å². The quantitative estimate of drug-likeness (QED) is 0.199. The fraction of sp³-hybridized carbons (Fsp3) is 0.300. The molecule has 212 valence electrons. The monoisotopic (exact) mass is 661 g/mol. The van der Waals surface area contributed by atoms with E-state index in [0.29, 0.717) is 29.8 Å². The Labute approximate surface area is 247 Å². The lowest BCUT2D eigenvalue weighted by atomic mass is 10.1. The lowest BCUT2D eigenvalue weighted by molar-refractivity contribution is -0.128. The zero-order chi connectivity index (χ0) is 28.9. The van der Waals surface area contributed by atoms with Gasteiger partial charge in [-0.15, -0.1) is 0 Å². The van der Waals surface area contributed by atoms with Crippen LogP contribution in [-0.4, -0.2) is 30.0 Å². The maximum absolute atomic E-state index is 13.3. The fourth-order valence-corrected chi connectivity index (χ4v) is 4.31. The largest absolute Gasteiger partial charge is 0.489 e. The molecule has 3 N–H and O–H groups in total. The number of benzene rings is 3. The molecule has 0 fully saturated rings. The minimum absolute atomic E-state index is 0.0833. The smallest absolute Gasteiger partial charge is 0.408 e. The maximum Gasteiger partial charge on any atom is 0.408 e. The summed E-state index contributed by atoms with van der Waals surface area (Å²) in [5, 5.41) is 8.07. The second kappa shape index (κ2) is 15.8. The van der Waals surface area contributed by atoms with Gasteiger partial charge in [-0.2, -0.15) is 0 Å². The van der Waals surface area contributed by atoms with Gasteiger partial charge in [0.15, 0.2) is 0 Å². The van der Waals surface area contributed by atoms with Crippen molar-refractivity contribution >= 4 is 46.2 Å². The molecule has 0 saturated heterocycles. The van der Waals surface area contributed by atoms with Crippen LogP contribution in [0.1, 0.15) is 43.4 Å². The van der Waals surface area contributed by atoms with E-state index in [1.54, 1.807) is 50.2 Å². The van der Waals surface area contributed by atoms with Crippen molar-refractivity contribution in [1.29, 1.82) is 0 Å². The molecule has 0 aromatic heterocycles. The van der Waals surface area contributed by atoms with Crippen molar-refractivity contribution in [3.8, 4) is 5.75 Å². The molecule has 40 heavy (non-hydrogen) atoms. The number of nitrogens with one attached hydrogen (secondary N) is 3. The molecule has 3 aromatic rings.